The third-order valence-electron chi connectivity index (χ3n) is 4.41. The molecule has 2 heterocycles. The van der Waals surface area contributed by atoms with Gasteiger partial charge >= 0.3 is 0 Å². The molecule has 31 heavy (non-hydrogen) atoms. The van der Waals surface area contributed by atoms with Gasteiger partial charge in [0.25, 0.3) is 5.91 Å². The lowest BCUT2D eigenvalue weighted by Gasteiger charge is -2.08. The minimum absolute atomic E-state index is 0.155. The number of aromatic nitrogens is 2. The third kappa shape index (κ3) is 6.16. The average Bonchev–Trinajstić information content (AvgIpc) is 3.23. The molecule has 0 radical (unpaired) electrons. The van der Waals surface area contributed by atoms with Crippen LogP contribution in [0.15, 0.2) is 83.3 Å². The molecule has 0 bridgehead atoms. The van der Waals surface area contributed by atoms with E-state index in [0.29, 0.717) is 17.9 Å². The number of pyridine rings is 1. The van der Waals surface area contributed by atoms with Crippen molar-refractivity contribution in [3.8, 4) is 5.75 Å². The Morgan fingerprint density at radius 3 is 2.58 bits per heavy atom. The van der Waals surface area contributed by atoms with Gasteiger partial charge in [0.1, 0.15) is 12.4 Å². The van der Waals surface area contributed by atoms with Gasteiger partial charge in [-0.1, -0.05) is 6.07 Å². The lowest BCUT2D eigenvalue weighted by molar-refractivity contribution is 0.102. The minimum atomic E-state index is -0.155. The lowest BCUT2D eigenvalue weighted by atomic mass is 10.2. The molecule has 7 heteroatoms. The zero-order valence-corrected chi connectivity index (χ0v) is 18.6. The molecule has 2 aromatic carbocycles. The highest BCUT2D eigenvalue weighted by Gasteiger charge is 2.07. The van der Waals surface area contributed by atoms with Crippen molar-refractivity contribution in [2.75, 3.05) is 5.32 Å². The number of thiazole rings is 1. The second-order valence-electron chi connectivity index (χ2n) is 6.80. The van der Waals surface area contributed by atoms with Gasteiger partial charge in [-0.3, -0.25) is 9.78 Å². The summed E-state index contributed by atoms with van der Waals surface area (Å²) in [5.41, 5.74) is 3.42. The summed E-state index contributed by atoms with van der Waals surface area (Å²) in [6, 6.07) is 19.0. The maximum Gasteiger partial charge on any atom is 0.255 e. The number of carbonyl (C=O) groups is 1. The molecule has 1 amide bonds. The van der Waals surface area contributed by atoms with Crippen LogP contribution in [0.4, 0.5) is 5.69 Å². The van der Waals surface area contributed by atoms with E-state index in [1.807, 2.05) is 48.8 Å². The van der Waals surface area contributed by atoms with Gasteiger partial charge < -0.3 is 10.1 Å². The number of thioether (sulfide) groups is 1. The first-order chi connectivity index (χ1) is 15.2. The Morgan fingerprint density at radius 2 is 1.90 bits per heavy atom. The fraction of sp³-hybridized carbons (Fsp3) is 0.125. The summed E-state index contributed by atoms with van der Waals surface area (Å²) < 4.78 is 5.73. The largest absolute Gasteiger partial charge is 0.487 e. The molecule has 0 spiro atoms. The van der Waals surface area contributed by atoms with Gasteiger partial charge in [0.2, 0.25) is 0 Å². The van der Waals surface area contributed by atoms with Crippen LogP contribution in [0.1, 0.15) is 26.6 Å². The van der Waals surface area contributed by atoms with E-state index in [1.165, 1.54) is 5.56 Å². The van der Waals surface area contributed by atoms with E-state index in [1.54, 1.807) is 53.6 Å². The van der Waals surface area contributed by atoms with Crippen molar-refractivity contribution in [3.05, 3.63) is 100 Å². The highest BCUT2D eigenvalue weighted by Crippen LogP contribution is 2.24. The SMILES string of the molecule is Cc1nc(COc2ccc(C(=O)Nc3ccc(SCc4cccnc4)cc3)cc2)cs1. The van der Waals surface area contributed by atoms with E-state index in [9.17, 15) is 4.79 Å². The van der Waals surface area contributed by atoms with Crippen LogP contribution in [0.25, 0.3) is 0 Å². The van der Waals surface area contributed by atoms with Gasteiger partial charge in [0.15, 0.2) is 0 Å². The van der Waals surface area contributed by atoms with E-state index in [-0.39, 0.29) is 5.91 Å². The maximum absolute atomic E-state index is 12.5. The molecule has 0 aliphatic rings. The molecule has 0 aliphatic heterocycles. The van der Waals surface area contributed by atoms with E-state index >= 15 is 0 Å². The molecule has 5 nitrogen and oxygen atoms in total. The number of nitrogens with one attached hydrogen (secondary N) is 1. The fourth-order valence-electron chi connectivity index (χ4n) is 2.82. The highest BCUT2D eigenvalue weighted by molar-refractivity contribution is 7.98. The molecule has 0 saturated carbocycles. The van der Waals surface area contributed by atoms with Crippen molar-refractivity contribution in [1.82, 2.24) is 9.97 Å². The number of ether oxygens (including phenoxy) is 1. The first-order valence-corrected chi connectivity index (χ1v) is 11.6. The van der Waals surface area contributed by atoms with E-state index < -0.39 is 0 Å². The molecule has 0 fully saturated rings. The number of hydrogen-bond acceptors (Lipinski definition) is 6. The molecule has 0 atom stereocenters. The normalized spacial score (nSPS) is 10.6. The van der Waals surface area contributed by atoms with Crippen LogP contribution in [0.3, 0.4) is 0 Å². The number of amides is 1. The lowest BCUT2D eigenvalue weighted by Crippen LogP contribution is -2.11. The van der Waals surface area contributed by atoms with Crippen LogP contribution >= 0.6 is 23.1 Å². The van der Waals surface area contributed by atoms with Crippen molar-refractivity contribution in [1.29, 1.82) is 0 Å². The quantitative estimate of drug-likeness (QED) is 0.337. The van der Waals surface area contributed by atoms with E-state index in [4.69, 9.17) is 4.74 Å². The van der Waals surface area contributed by atoms with Crippen molar-refractivity contribution in [2.45, 2.75) is 24.2 Å². The van der Waals surface area contributed by atoms with Gasteiger partial charge in [-0.25, -0.2) is 4.98 Å². The van der Waals surface area contributed by atoms with Crippen molar-refractivity contribution in [2.24, 2.45) is 0 Å². The number of benzene rings is 2. The molecule has 0 aliphatic carbocycles. The summed E-state index contributed by atoms with van der Waals surface area (Å²) >= 11 is 3.33. The van der Waals surface area contributed by atoms with Crippen LogP contribution in [0.5, 0.6) is 5.75 Å². The minimum Gasteiger partial charge on any atom is -0.487 e. The zero-order valence-electron chi connectivity index (χ0n) is 16.9. The molecule has 1 N–H and O–H groups in total. The second-order valence-corrected chi connectivity index (χ2v) is 8.91. The monoisotopic (exact) mass is 447 g/mol. The Morgan fingerprint density at radius 1 is 1.10 bits per heavy atom. The summed E-state index contributed by atoms with van der Waals surface area (Å²) in [6.07, 6.45) is 3.65. The van der Waals surface area contributed by atoms with E-state index in [0.717, 1.165) is 27.0 Å². The van der Waals surface area contributed by atoms with Crippen LogP contribution in [0.2, 0.25) is 0 Å². The predicted molar refractivity (Wildman–Crippen MR) is 126 cm³/mol. The molecular weight excluding hydrogens is 426 g/mol. The molecular formula is C24H21N3O2S2. The summed E-state index contributed by atoms with van der Waals surface area (Å²) in [4.78, 5) is 22.2. The first kappa shape index (κ1) is 21.1. The van der Waals surface area contributed by atoms with E-state index in [2.05, 4.69) is 21.4 Å². The molecule has 4 rings (SSSR count). The maximum atomic E-state index is 12.5. The van der Waals surface area contributed by atoms with Gasteiger partial charge in [-0.05, 0) is 67.1 Å². The third-order valence-corrected chi connectivity index (χ3v) is 6.32. The Labute approximate surface area is 189 Å². The molecule has 0 unspecified atom stereocenters. The average molecular weight is 448 g/mol. The Hall–Kier alpha value is -3.16. The predicted octanol–water partition coefficient (Wildman–Crippen LogP) is 5.97. The van der Waals surface area contributed by atoms with Crippen LogP contribution < -0.4 is 10.1 Å². The summed E-state index contributed by atoms with van der Waals surface area (Å²) in [7, 11) is 0. The van der Waals surface area contributed by atoms with Gasteiger partial charge in [0.05, 0.1) is 10.7 Å². The Kier molecular flexibility index (Phi) is 6.96. The number of rotatable bonds is 8. The van der Waals surface area contributed by atoms with Crippen LogP contribution in [0, 0.1) is 6.92 Å². The Balaban J connectivity index is 1.28. The summed E-state index contributed by atoms with van der Waals surface area (Å²) in [5.74, 6) is 1.41. The standard InChI is InChI=1S/C24H21N3O2S2/c1-17-26-21(16-30-17)14-29-22-8-4-19(5-9-22)24(28)27-20-6-10-23(11-7-20)31-15-18-3-2-12-25-13-18/h2-13,16H,14-15H2,1H3,(H,27,28). The van der Waals surface area contributed by atoms with Crippen molar-refractivity contribution >= 4 is 34.7 Å². The topological polar surface area (TPSA) is 64.1 Å². The van der Waals surface area contributed by atoms with Gasteiger partial charge in [-0.15, -0.1) is 23.1 Å². The second kappa shape index (κ2) is 10.2. The number of hydrogen-bond donors (Lipinski definition) is 1. The van der Waals surface area contributed by atoms with Crippen molar-refractivity contribution < 1.29 is 9.53 Å². The number of nitrogens with zero attached hydrogens (tertiary/aromatic N) is 2. The van der Waals surface area contributed by atoms with Gasteiger partial charge in [-0.2, -0.15) is 0 Å². The number of anilines is 1. The van der Waals surface area contributed by atoms with Crippen molar-refractivity contribution in [3.63, 3.8) is 0 Å². The highest BCUT2D eigenvalue weighted by atomic mass is 32.2. The molecule has 2 aromatic heterocycles. The molecule has 156 valence electrons. The summed E-state index contributed by atoms with van der Waals surface area (Å²) in [5, 5.41) is 5.94. The zero-order chi connectivity index (χ0) is 21.5. The molecule has 0 saturated heterocycles. The summed E-state index contributed by atoms with van der Waals surface area (Å²) in [6.45, 7) is 2.39. The smallest absolute Gasteiger partial charge is 0.255 e. The number of aryl methyl sites for hydroxylation is 1. The Bertz CT molecular complexity index is 1130. The van der Waals surface area contributed by atoms with Crippen LogP contribution in [-0.4, -0.2) is 15.9 Å². The fourth-order valence-corrected chi connectivity index (χ4v) is 4.25. The number of carbonyl (C=O) groups excluding carboxylic acids is 1. The first-order valence-electron chi connectivity index (χ1n) is 9.73. The molecule has 4 aromatic rings. The van der Waals surface area contributed by atoms with Crippen LogP contribution in [-0.2, 0) is 12.4 Å². The van der Waals surface area contributed by atoms with Gasteiger partial charge in [0, 0.05) is 39.7 Å².